The maximum atomic E-state index is 12.6. The molecule has 1 aliphatic heterocycles. The number of hydrogen-bond donors (Lipinski definition) is 0. The second kappa shape index (κ2) is 5.04. The van der Waals surface area contributed by atoms with Gasteiger partial charge in [0.25, 0.3) is 11.8 Å². The SMILES string of the molecule is O=C(c1ccccc1)[C@H]1CCC[C@@H]1N1C(=O)C=CC1=O. The third-order valence-corrected chi connectivity index (χ3v) is 4.05. The van der Waals surface area contributed by atoms with Gasteiger partial charge < -0.3 is 0 Å². The lowest BCUT2D eigenvalue weighted by Gasteiger charge is -2.27. The van der Waals surface area contributed by atoms with Crippen molar-refractivity contribution in [2.24, 2.45) is 5.92 Å². The van der Waals surface area contributed by atoms with Crippen molar-refractivity contribution in [2.75, 3.05) is 0 Å². The second-order valence-corrected chi connectivity index (χ2v) is 5.21. The molecule has 0 N–H and O–H groups in total. The topological polar surface area (TPSA) is 54.5 Å². The zero-order valence-electron chi connectivity index (χ0n) is 11.0. The van der Waals surface area contributed by atoms with Crippen molar-refractivity contribution >= 4 is 17.6 Å². The normalized spacial score (nSPS) is 25.5. The summed E-state index contributed by atoms with van der Waals surface area (Å²) in [7, 11) is 0. The summed E-state index contributed by atoms with van der Waals surface area (Å²) in [4.78, 5) is 37.4. The molecule has 2 amide bonds. The van der Waals surface area contributed by atoms with E-state index in [9.17, 15) is 14.4 Å². The maximum absolute atomic E-state index is 12.6. The molecule has 2 atom stereocenters. The van der Waals surface area contributed by atoms with Crippen LogP contribution in [-0.2, 0) is 9.59 Å². The van der Waals surface area contributed by atoms with Crippen LogP contribution in [0.1, 0.15) is 29.6 Å². The van der Waals surface area contributed by atoms with Crippen molar-refractivity contribution < 1.29 is 14.4 Å². The Morgan fingerprint density at radius 2 is 1.65 bits per heavy atom. The van der Waals surface area contributed by atoms with Gasteiger partial charge in [0.2, 0.25) is 0 Å². The number of carbonyl (C=O) groups excluding carboxylic acids is 3. The summed E-state index contributed by atoms with van der Waals surface area (Å²) < 4.78 is 0. The van der Waals surface area contributed by atoms with E-state index in [0.717, 1.165) is 12.8 Å². The molecule has 1 heterocycles. The van der Waals surface area contributed by atoms with E-state index in [1.165, 1.54) is 17.1 Å². The molecule has 0 unspecified atom stereocenters. The van der Waals surface area contributed by atoms with Crippen LogP contribution in [0.25, 0.3) is 0 Å². The first-order valence-corrected chi connectivity index (χ1v) is 6.83. The predicted molar refractivity (Wildman–Crippen MR) is 72.9 cm³/mol. The minimum atomic E-state index is -0.298. The third kappa shape index (κ3) is 2.07. The highest BCUT2D eigenvalue weighted by molar-refractivity contribution is 6.13. The molecule has 0 bridgehead atoms. The summed E-state index contributed by atoms with van der Waals surface area (Å²) in [5.41, 5.74) is 0.649. The van der Waals surface area contributed by atoms with Crippen molar-refractivity contribution in [1.82, 2.24) is 4.90 Å². The van der Waals surface area contributed by atoms with E-state index in [4.69, 9.17) is 0 Å². The molecule has 1 aliphatic carbocycles. The lowest BCUT2D eigenvalue weighted by atomic mass is 9.92. The third-order valence-electron chi connectivity index (χ3n) is 4.05. The Hall–Kier alpha value is -2.23. The van der Waals surface area contributed by atoms with E-state index < -0.39 is 0 Å². The molecule has 1 fully saturated rings. The Morgan fingerprint density at radius 3 is 2.30 bits per heavy atom. The highest BCUT2D eigenvalue weighted by Crippen LogP contribution is 2.34. The second-order valence-electron chi connectivity index (χ2n) is 5.21. The standard InChI is InChI=1S/C16H15NO3/c18-14-9-10-15(19)17(14)13-8-4-7-12(13)16(20)11-5-2-1-3-6-11/h1-3,5-6,9-10,12-13H,4,7-8H2/t12-,13-/m0/s1. The fourth-order valence-corrected chi connectivity index (χ4v) is 3.11. The Balaban J connectivity index is 1.85. The number of carbonyl (C=O) groups is 3. The zero-order chi connectivity index (χ0) is 14.1. The number of nitrogens with zero attached hydrogens (tertiary/aromatic N) is 1. The van der Waals surface area contributed by atoms with Crippen LogP contribution in [0.3, 0.4) is 0 Å². The first-order valence-electron chi connectivity index (χ1n) is 6.83. The average Bonchev–Trinajstić information content (AvgIpc) is 3.06. The Bertz CT molecular complexity index is 573. The minimum absolute atomic E-state index is 0.0283. The van der Waals surface area contributed by atoms with Gasteiger partial charge >= 0.3 is 0 Å². The average molecular weight is 269 g/mol. The summed E-state index contributed by atoms with van der Waals surface area (Å²) in [5.74, 6) is -0.841. The quantitative estimate of drug-likeness (QED) is 0.622. The van der Waals surface area contributed by atoms with Gasteiger partial charge in [-0.3, -0.25) is 19.3 Å². The van der Waals surface area contributed by atoms with Gasteiger partial charge in [-0.25, -0.2) is 0 Å². The van der Waals surface area contributed by atoms with Crippen LogP contribution in [-0.4, -0.2) is 28.5 Å². The fourth-order valence-electron chi connectivity index (χ4n) is 3.11. The molecule has 0 saturated heterocycles. The lowest BCUT2D eigenvalue weighted by molar-refractivity contribution is -0.139. The highest BCUT2D eigenvalue weighted by atomic mass is 16.2. The monoisotopic (exact) mass is 269 g/mol. The number of imide groups is 1. The molecular weight excluding hydrogens is 254 g/mol. The molecule has 4 nitrogen and oxygen atoms in total. The van der Waals surface area contributed by atoms with Crippen LogP contribution in [0.15, 0.2) is 42.5 Å². The van der Waals surface area contributed by atoms with Gasteiger partial charge in [-0.1, -0.05) is 36.8 Å². The van der Waals surface area contributed by atoms with Crippen LogP contribution in [0.5, 0.6) is 0 Å². The van der Waals surface area contributed by atoms with Crippen molar-refractivity contribution in [3.05, 3.63) is 48.0 Å². The van der Waals surface area contributed by atoms with E-state index in [2.05, 4.69) is 0 Å². The number of benzene rings is 1. The molecule has 0 spiro atoms. The molecule has 2 aliphatic rings. The van der Waals surface area contributed by atoms with Gasteiger partial charge in [0.15, 0.2) is 5.78 Å². The van der Waals surface area contributed by atoms with E-state index in [0.29, 0.717) is 12.0 Å². The first-order chi connectivity index (χ1) is 9.68. The van der Waals surface area contributed by atoms with Crippen LogP contribution in [0, 0.1) is 5.92 Å². The first kappa shape index (κ1) is 12.8. The summed E-state index contributed by atoms with van der Waals surface area (Å²) >= 11 is 0. The van der Waals surface area contributed by atoms with Crippen molar-refractivity contribution in [3.63, 3.8) is 0 Å². The molecule has 3 rings (SSSR count). The molecule has 1 saturated carbocycles. The van der Waals surface area contributed by atoms with Gasteiger partial charge in [-0.05, 0) is 12.8 Å². The number of rotatable bonds is 3. The predicted octanol–water partition coefficient (Wildman–Crippen LogP) is 1.96. The maximum Gasteiger partial charge on any atom is 0.253 e. The number of Topliss-reactive ketones (excluding diaryl/α,β-unsaturated/α-hetero) is 1. The van der Waals surface area contributed by atoms with Crippen LogP contribution in [0.4, 0.5) is 0 Å². The van der Waals surface area contributed by atoms with Crippen molar-refractivity contribution in [1.29, 1.82) is 0 Å². The number of hydrogen-bond acceptors (Lipinski definition) is 3. The minimum Gasteiger partial charge on any atom is -0.294 e. The van der Waals surface area contributed by atoms with Crippen LogP contribution >= 0.6 is 0 Å². The van der Waals surface area contributed by atoms with Crippen molar-refractivity contribution in [3.8, 4) is 0 Å². The smallest absolute Gasteiger partial charge is 0.253 e. The summed E-state index contributed by atoms with van der Waals surface area (Å²) in [6.45, 7) is 0. The van der Waals surface area contributed by atoms with E-state index in [-0.39, 0.29) is 29.6 Å². The van der Waals surface area contributed by atoms with Gasteiger partial charge in [-0.15, -0.1) is 0 Å². The molecular formula is C16H15NO3. The van der Waals surface area contributed by atoms with Crippen LogP contribution < -0.4 is 0 Å². The van der Waals surface area contributed by atoms with Gasteiger partial charge in [-0.2, -0.15) is 0 Å². The molecule has 102 valence electrons. The molecule has 0 aromatic heterocycles. The van der Waals surface area contributed by atoms with Crippen molar-refractivity contribution in [2.45, 2.75) is 25.3 Å². The summed E-state index contributed by atoms with van der Waals surface area (Å²) in [6, 6.07) is 8.78. The molecule has 4 heteroatoms. The lowest BCUT2D eigenvalue weighted by Crippen LogP contribution is -2.44. The van der Waals surface area contributed by atoms with E-state index in [1.54, 1.807) is 12.1 Å². The molecule has 1 aromatic carbocycles. The van der Waals surface area contributed by atoms with E-state index in [1.807, 2.05) is 18.2 Å². The van der Waals surface area contributed by atoms with Crippen LogP contribution in [0.2, 0.25) is 0 Å². The van der Waals surface area contributed by atoms with E-state index >= 15 is 0 Å². The summed E-state index contributed by atoms with van der Waals surface area (Å²) in [6.07, 6.45) is 4.87. The Kier molecular flexibility index (Phi) is 3.22. The van der Waals surface area contributed by atoms with Gasteiger partial charge in [0.05, 0.1) is 6.04 Å². The largest absolute Gasteiger partial charge is 0.294 e. The fraction of sp³-hybridized carbons (Fsp3) is 0.312. The molecule has 1 aromatic rings. The van der Waals surface area contributed by atoms with Gasteiger partial charge in [0, 0.05) is 23.6 Å². The zero-order valence-corrected chi connectivity index (χ0v) is 11.0. The highest BCUT2D eigenvalue weighted by Gasteiger charge is 2.42. The Morgan fingerprint density at radius 1 is 1.00 bits per heavy atom. The number of ketones is 1. The number of amides is 2. The summed E-state index contributed by atoms with van der Waals surface area (Å²) in [5, 5.41) is 0. The molecule has 20 heavy (non-hydrogen) atoms. The molecule has 0 radical (unpaired) electrons. The van der Waals surface area contributed by atoms with Gasteiger partial charge in [0.1, 0.15) is 0 Å². The Labute approximate surface area is 117 Å².